The smallest absolute Gasteiger partial charge is 0.400 e. The fourth-order valence-electron chi connectivity index (χ4n) is 2.51. The van der Waals surface area contributed by atoms with Gasteiger partial charge in [0.25, 0.3) is 0 Å². The molecule has 1 aliphatic rings. The number of nitrogens with two attached hydrogens (primary N) is 1. The average Bonchev–Trinajstić information content (AvgIpc) is 2.65. The lowest BCUT2D eigenvalue weighted by atomic mass is 9.76. The number of carbonyl (C=O) groups excluding carboxylic acids is 1. The number of amides is 1. The highest BCUT2D eigenvalue weighted by molar-refractivity contribution is 6.56. The van der Waals surface area contributed by atoms with E-state index in [1.54, 1.807) is 0 Å². The van der Waals surface area contributed by atoms with Crippen molar-refractivity contribution in [1.82, 2.24) is 5.32 Å². The van der Waals surface area contributed by atoms with E-state index in [1.807, 2.05) is 58.9 Å². The summed E-state index contributed by atoms with van der Waals surface area (Å²) in [5.74, 6) is -0.102. The van der Waals surface area contributed by atoms with E-state index in [0.29, 0.717) is 12.2 Å². The SMILES string of the molecule is CC(=O)NCC(=Cc1c(C)cccc1N)B1OC(C)(C)C(C)(C)O1. The van der Waals surface area contributed by atoms with Crippen molar-refractivity contribution in [3.63, 3.8) is 0 Å². The normalized spacial score (nSPS) is 19.4. The molecule has 130 valence electrons. The van der Waals surface area contributed by atoms with E-state index in [4.69, 9.17) is 15.0 Å². The van der Waals surface area contributed by atoms with Crippen molar-refractivity contribution in [1.29, 1.82) is 0 Å². The van der Waals surface area contributed by atoms with Crippen molar-refractivity contribution in [2.24, 2.45) is 0 Å². The van der Waals surface area contributed by atoms with Crippen molar-refractivity contribution >= 4 is 24.8 Å². The van der Waals surface area contributed by atoms with Crippen LogP contribution in [0.25, 0.3) is 6.08 Å². The van der Waals surface area contributed by atoms with Gasteiger partial charge in [-0.1, -0.05) is 18.2 Å². The maximum absolute atomic E-state index is 11.4. The molecule has 0 atom stereocenters. The number of hydrogen-bond donors (Lipinski definition) is 2. The molecule has 0 unspecified atom stereocenters. The van der Waals surface area contributed by atoms with Crippen LogP contribution >= 0.6 is 0 Å². The molecule has 5 nitrogen and oxygen atoms in total. The second-order valence-corrected chi connectivity index (χ2v) is 7.30. The summed E-state index contributed by atoms with van der Waals surface area (Å²) in [6.45, 7) is 11.9. The Morgan fingerprint density at radius 2 is 1.83 bits per heavy atom. The Kier molecular flexibility index (Phi) is 5.11. The van der Waals surface area contributed by atoms with E-state index in [1.165, 1.54) is 6.92 Å². The van der Waals surface area contributed by atoms with Gasteiger partial charge in [0.1, 0.15) is 0 Å². The molecule has 0 saturated carbocycles. The average molecular weight is 330 g/mol. The predicted molar refractivity (Wildman–Crippen MR) is 98.3 cm³/mol. The molecule has 1 aliphatic heterocycles. The highest BCUT2D eigenvalue weighted by Crippen LogP contribution is 2.39. The third-order valence-electron chi connectivity index (χ3n) is 4.79. The number of anilines is 1. The van der Waals surface area contributed by atoms with Crippen molar-refractivity contribution < 1.29 is 14.1 Å². The standard InChI is InChI=1S/C18H27BN2O3/c1-12-8-7-9-16(20)15(12)10-14(11-21-13(2)22)19-23-17(3,4)18(5,6)24-19/h7-10H,11,20H2,1-6H3,(H,21,22). The highest BCUT2D eigenvalue weighted by Gasteiger charge is 2.52. The Morgan fingerprint density at radius 3 is 2.33 bits per heavy atom. The van der Waals surface area contributed by atoms with Gasteiger partial charge in [0.15, 0.2) is 0 Å². The topological polar surface area (TPSA) is 73.6 Å². The van der Waals surface area contributed by atoms with Gasteiger partial charge >= 0.3 is 7.12 Å². The number of aryl methyl sites for hydroxylation is 1. The zero-order valence-electron chi connectivity index (χ0n) is 15.4. The second-order valence-electron chi connectivity index (χ2n) is 7.30. The monoisotopic (exact) mass is 330 g/mol. The van der Waals surface area contributed by atoms with Crippen LogP contribution < -0.4 is 11.1 Å². The van der Waals surface area contributed by atoms with Crippen molar-refractivity contribution in [3.8, 4) is 0 Å². The van der Waals surface area contributed by atoms with Gasteiger partial charge in [-0.05, 0) is 57.3 Å². The largest absolute Gasteiger partial charge is 0.492 e. The molecule has 0 bridgehead atoms. The highest BCUT2D eigenvalue weighted by atomic mass is 16.7. The van der Waals surface area contributed by atoms with Gasteiger partial charge in [-0.15, -0.1) is 0 Å². The molecule has 3 N–H and O–H groups in total. The number of nitrogen functional groups attached to an aromatic ring is 1. The van der Waals surface area contributed by atoms with Crippen LogP contribution in [0.5, 0.6) is 0 Å². The van der Waals surface area contributed by atoms with E-state index in [0.717, 1.165) is 16.6 Å². The van der Waals surface area contributed by atoms with Crippen LogP contribution in [-0.4, -0.2) is 30.8 Å². The van der Waals surface area contributed by atoms with E-state index in [9.17, 15) is 4.79 Å². The Bertz CT molecular complexity index is 632. The molecule has 2 rings (SSSR count). The lowest BCUT2D eigenvalue weighted by Crippen LogP contribution is -2.41. The first-order valence-electron chi connectivity index (χ1n) is 8.19. The molecule has 0 radical (unpaired) electrons. The number of rotatable bonds is 4. The van der Waals surface area contributed by atoms with E-state index in [-0.39, 0.29) is 5.91 Å². The van der Waals surface area contributed by atoms with Gasteiger partial charge in [0, 0.05) is 19.2 Å². The molecule has 24 heavy (non-hydrogen) atoms. The third-order valence-corrected chi connectivity index (χ3v) is 4.79. The van der Waals surface area contributed by atoms with Crippen LogP contribution in [0.2, 0.25) is 0 Å². The van der Waals surface area contributed by atoms with Crippen molar-refractivity contribution in [2.75, 3.05) is 12.3 Å². The molecule has 0 aliphatic carbocycles. The minimum atomic E-state index is -0.527. The number of benzene rings is 1. The van der Waals surface area contributed by atoms with Gasteiger partial charge in [0.2, 0.25) is 5.91 Å². The van der Waals surface area contributed by atoms with Crippen LogP contribution in [0.3, 0.4) is 0 Å². The molecule has 0 spiro atoms. The lowest BCUT2D eigenvalue weighted by molar-refractivity contribution is -0.118. The summed E-state index contributed by atoms with van der Waals surface area (Å²) in [5, 5.41) is 2.83. The fraction of sp³-hybridized carbons (Fsp3) is 0.500. The molecule has 1 saturated heterocycles. The summed E-state index contributed by atoms with van der Waals surface area (Å²) >= 11 is 0. The van der Waals surface area contributed by atoms with E-state index < -0.39 is 18.3 Å². The van der Waals surface area contributed by atoms with Crippen molar-refractivity contribution in [3.05, 3.63) is 34.8 Å². The Hall–Kier alpha value is -1.79. The van der Waals surface area contributed by atoms with Gasteiger partial charge in [0.05, 0.1) is 11.2 Å². The first-order valence-corrected chi connectivity index (χ1v) is 8.19. The number of carbonyl (C=O) groups is 1. The minimum absolute atomic E-state index is 0.102. The summed E-state index contributed by atoms with van der Waals surface area (Å²) < 4.78 is 12.3. The van der Waals surface area contributed by atoms with Gasteiger partial charge in [-0.25, -0.2) is 0 Å². The van der Waals surface area contributed by atoms with Crippen LogP contribution in [0.15, 0.2) is 23.7 Å². The van der Waals surface area contributed by atoms with E-state index >= 15 is 0 Å². The first kappa shape index (κ1) is 18.6. The Balaban J connectivity index is 2.39. The summed E-state index contributed by atoms with van der Waals surface area (Å²) in [7, 11) is -0.527. The molecule has 1 aromatic rings. The van der Waals surface area contributed by atoms with Gasteiger partial charge in [-0.3, -0.25) is 4.79 Å². The Labute approximate surface area is 144 Å². The molecule has 1 aromatic carbocycles. The lowest BCUT2D eigenvalue weighted by Gasteiger charge is -2.32. The minimum Gasteiger partial charge on any atom is -0.400 e. The van der Waals surface area contributed by atoms with Gasteiger partial charge in [-0.2, -0.15) is 0 Å². The zero-order valence-corrected chi connectivity index (χ0v) is 15.4. The second kappa shape index (κ2) is 6.61. The summed E-state index contributed by atoms with van der Waals surface area (Å²) in [4.78, 5) is 11.4. The fourth-order valence-corrected chi connectivity index (χ4v) is 2.51. The number of nitrogens with one attached hydrogen (secondary N) is 1. The summed E-state index contributed by atoms with van der Waals surface area (Å²) in [5.41, 5.74) is 8.75. The molecule has 1 fully saturated rings. The maximum Gasteiger partial charge on any atom is 0.492 e. The van der Waals surface area contributed by atoms with Crippen LogP contribution in [0.1, 0.15) is 45.7 Å². The molecule has 0 aromatic heterocycles. The van der Waals surface area contributed by atoms with Crippen LogP contribution in [0, 0.1) is 6.92 Å². The summed E-state index contributed by atoms with van der Waals surface area (Å²) in [6.07, 6.45) is 1.96. The van der Waals surface area contributed by atoms with Gasteiger partial charge < -0.3 is 20.4 Å². The predicted octanol–water partition coefficient (Wildman–Crippen LogP) is 2.73. The molecule has 1 heterocycles. The number of hydrogen-bond acceptors (Lipinski definition) is 4. The Morgan fingerprint density at radius 1 is 1.25 bits per heavy atom. The first-order chi connectivity index (χ1) is 11.0. The van der Waals surface area contributed by atoms with Crippen LogP contribution in [0.4, 0.5) is 5.69 Å². The quantitative estimate of drug-likeness (QED) is 0.658. The zero-order chi connectivity index (χ0) is 18.1. The summed E-state index contributed by atoms with van der Waals surface area (Å²) in [6, 6.07) is 5.78. The third kappa shape index (κ3) is 3.82. The van der Waals surface area contributed by atoms with Crippen LogP contribution in [-0.2, 0) is 14.1 Å². The van der Waals surface area contributed by atoms with Crippen molar-refractivity contribution in [2.45, 2.75) is 52.7 Å². The molecular weight excluding hydrogens is 303 g/mol. The van der Waals surface area contributed by atoms with E-state index in [2.05, 4.69) is 5.32 Å². The molecule has 1 amide bonds. The molecule has 6 heteroatoms. The maximum atomic E-state index is 11.4. The molecular formula is C18H27BN2O3.